The molecule has 0 aliphatic heterocycles. The Kier molecular flexibility index (Phi) is 6.90. The van der Waals surface area contributed by atoms with Gasteiger partial charge >= 0.3 is 0 Å². The standard InChI is InChI=1S/C15H15OPS.BH3/c1-13(16)18-12-17(14-8-4-2-5-9-14)15-10-6-3-7-11-15;/h2-11H,12H2,1H3;1H3. The first kappa shape index (κ1) is 16.0. The van der Waals surface area contributed by atoms with Gasteiger partial charge in [0.05, 0.1) is 8.41 Å². The van der Waals surface area contributed by atoms with Crippen molar-refractivity contribution in [3.63, 3.8) is 0 Å². The molecule has 19 heavy (non-hydrogen) atoms. The van der Waals surface area contributed by atoms with Crippen molar-refractivity contribution in [3.05, 3.63) is 60.7 Å². The highest BCUT2D eigenvalue weighted by Gasteiger charge is 2.14. The summed E-state index contributed by atoms with van der Waals surface area (Å²) in [5, 5.41) is 2.84. The number of hydrogen-bond acceptors (Lipinski definition) is 2. The van der Waals surface area contributed by atoms with E-state index in [1.54, 1.807) is 6.92 Å². The van der Waals surface area contributed by atoms with Crippen molar-refractivity contribution in [3.8, 4) is 0 Å². The molecule has 0 amide bonds. The topological polar surface area (TPSA) is 17.1 Å². The van der Waals surface area contributed by atoms with E-state index in [1.165, 1.54) is 22.4 Å². The fraction of sp³-hybridized carbons (Fsp3) is 0.133. The van der Waals surface area contributed by atoms with Crippen molar-refractivity contribution in [2.45, 2.75) is 6.92 Å². The Balaban J connectivity index is 0.00000180. The van der Waals surface area contributed by atoms with Gasteiger partial charge in [0.2, 0.25) is 0 Å². The summed E-state index contributed by atoms with van der Waals surface area (Å²) in [5.41, 5.74) is 0.860. The van der Waals surface area contributed by atoms with Gasteiger partial charge in [0.15, 0.2) is 5.12 Å². The Labute approximate surface area is 122 Å². The molecule has 0 aliphatic carbocycles. The number of rotatable bonds is 4. The van der Waals surface area contributed by atoms with Gasteiger partial charge in [-0.05, 0) is 18.5 Å². The molecule has 0 radical (unpaired) electrons. The average molecular weight is 288 g/mol. The van der Waals surface area contributed by atoms with Gasteiger partial charge in [0.1, 0.15) is 0 Å². The molecule has 0 aliphatic rings. The molecule has 0 spiro atoms. The molecule has 0 aromatic heterocycles. The predicted octanol–water partition coefficient (Wildman–Crippen LogP) is 2.17. The Bertz CT molecular complexity index is 465. The van der Waals surface area contributed by atoms with Crippen molar-refractivity contribution in [2.24, 2.45) is 0 Å². The van der Waals surface area contributed by atoms with Crippen LogP contribution in [-0.4, -0.2) is 19.0 Å². The normalized spacial score (nSPS) is 10.0. The van der Waals surface area contributed by atoms with E-state index >= 15 is 0 Å². The van der Waals surface area contributed by atoms with Gasteiger partial charge in [-0.1, -0.05) is 72.4 Å². The molecule has 0 saturated carbocycles. The van der Waals surface area contributed by atoms with Gasteiger partial charge in [-0.15, -0.1) is 0 Å². The number of carbonyl (C=O) groups is 1. The lowest BCUT2D eigenvalue weighted by Crippen LogP contribution is -2.13. The smallest absolute Gasteiger partial charge is 0.186 e. The summed E-state index contributed by atoms with van der Waals surface area (Å²) >= 11 is 1.42. The number of thioether (sulfide) groups is 1. The monoisotopic (exact) mass is 288 g/mol. The van der Waals surface area contributed by atoms with Crippen LogP contribution >= 0.6 is 19.7 Å². The Morgan fingerprint density at radius 3 is 1.74 bits per heavy atom. The van der Waals surface area contributed by atoms with E-state index in [9.17, 15) is 4.79 Å². The van der Waals surface area contributed by atoms with E-state index in [4.69, 9.17) is 0 Å². The van der Waals surface area contributed by atoms with Crippen LogP contribution in [0, 0.1) is 0 Å². The molecule has 2 aromatic rings. The van der Waals surface area contributed by atoms with Crippen LogP contribution in [0.5, 0.6) is 0 Å². The van der Waals surface area contributed by atoms with E-state index in [0.717, 1.165) is 5.49 Å². The molecule has 0 N–H and O–H groups in total. The maximum Gasteiger partial charge on any atom is 0.186 e. The molecule has 0 bridgehead atoms. The highest BCUT2D eigenvalue weighted by atomic mass is 32.2. The quantitative estimate of drug-likeness (QED) is 0.633. The highest BCUT2D eigenvalue weighted by Crippen LogP contribution is 2.37. The van der Waals surface area contributed by atoms with E-state index in [0.29, 0.717) is 0 Å². The summed E-state index contributed by atoms with van der Waals surface area (Å²) in [6.07, 6.45) is 0. The first-order chi connectivity index (χ1) is 8.77. The molecule has 0 atom stereocenters. The van der Waals surface area contributed by atoms with E-state index in [2.05, 4.69) is 48.5 Å². The van der Waals surface area contributed by atoms with Gasteiger partial charge in [-0.2, -0.15) is 0 Å². The molecular formula is C15H18BOPS. The predicted molar refractivity (Wildman–Crippen MR) is 92.2 cm³/mol. The number of hydrogen-bond donors (Lipinski definition) is 0. The zero-order valence-corrected chi connectivity index (χ0v) is 12.0. The summed E-state index contributed by atoms with van der Waals surface area (Å²) in [7, 11) is -0.441. The summed E-state index contributed by atoms with van der Waals surface area (Å²) in [6.45, 7) is 1.63. The molecule has 2 aromatic carbocycles. The summed E-state index contributed by atoms with van der Waals surface area (Å²) in [5.74, 6) is 0. The van der Waals surface area contributed by atoms with E-state index < -0.39 is 7.92 Å². The minimum atomic E-state index is -0.441. The Morgan fingerprint density at radius 1 is 0.947 bits per heavy atom. The number of carbonyl (C=O) groups excluding carboxylic acids is 1. The lowest BCUT2D eigenvalue weighted by atomic mass is 10.4. The second-order valence-corrected chi connectivity index (χ2v) is 7.65. The SMILES string of the molecule is B.CC(=O)SCP(c1ccccc1)c1ccccc1. The highest BCUT2D eigenvalue weighted by molar-refractivity contribution is 8.18. The van der Waals surface area contributed by atoms with Gasteiger partial charge < -0.3 is 0 Å². The van der Waals surface area contributed by atoms with Crippen molar-refractivity contribution < 1.29 is 4.79 Å². The maximum atomic E-state index is 11.2. The van der Waals surface area contributed by atoms with Crippen molar-refractivity contribution in [1.82, 2.24) is 0 Å². The summed E-state index contributed by atoms with van der Waals surface area (Å²) in [4.78, 5) is 11.2. The van der Waals surface area contributed by atoms with Gasteiger partial charge in [-0.3, -0.25) is 4.79 Å². The van der Waals surface area contributed by atoms with Crippen LogP contribution in [0.3, 0.4) is 0 Å². The zero-order chi connectivity index (χ0) is 12.8. The molecule has 4 heteroatoms. The lowest BCUT2D eigenvalue weighted by molar-refractivity contribution is -0.109. The second kappa shape index (κ2) is 8.19. The third-order valence-corrected chi connectivity index (χ3v) is 6.33. The van der Waals surface area contributed by atoms with Crippen molar-refractivity contribution >= 4 is 43.8 Å². The molecule has 0 fully saturated rings. The molecular weight excluding hydrogens is 270 g/mol. The van der Waals surface area contributed by atoms with Gasteiger partial charge in [0, 0.05) is 12.4 Å². The van der Waals surface area contributed by atoms with Crippen molar-refractivity contribution in [1.29, 1.82) is 0 Å². The molecule has 0 saturated heterocycles. The minimum Gasteiger partial charge on any atom is -0.288 e. The van der Waals surface area contributed by atoms with Crippen LogP contribution in [0.1, 0.15) is 6.92 Å². The average Bonchev–Trinajstić information content (AvgIpc) is 2.41. The van der Waals surface area contributed by atoms with Gasteiger partial charge in [-0.25, -0.2) is 0 Å². The maximum absolute atomic E-state index is 11.2. The Morgan fingerprint density at radius 2 is 1.37 bits per heavy atom. The Hall–Kier alpha value is -1.05. The molecule has 0 heterocycles. The molecule has 1 nitrogen and oxygen atoms in total. The van der Waals surface area contributed by atoms with Crippen LogP contribution in [0.2, 0.25) is 0 Å². The summed E-state index contributed by atoms with van der Waals surface area (Å²) in [6, 6.07) is 20.9. The fourth-order valence-electron chi connectivity index (χ4n) is 1.67. The second-order valence-electron chi connectivity index (χ2n) is 3.86. The van der Waals surface area contributed by atoms with Crippen molar-refractivity contribution in [2.75, 3.05) is 5.49 Å². The number of benzene rings is 2. The van der Waals surface area contributed by atoms with Crippen LogP contribution in [-0.2, 0) is 4.79 Å². The van der Waals surface area contributed by atoms with Crippen LogP contribution in [0.4, 0.5) is 0 Å². The lowest BCUT2D eigenvalue weighted by Gasteiger charge is -2.17. The van der Waals surface area contributed by atoms with E-state index in [-0.39, 0.29) is 13.5 Å². The fourth-order valence-corrected chi connectivity index (χ4v) is 5.47. The van der Waals surface area contributed by atoms with E-state index in [1.807, 2.05) is 12.1 Å². The first-order valence-corrected chi connectivity index (χ1v) is 8.29. The van der Waals surface area contributed by atoms with Crippen LogP contribution in [0.25, 0.3) is 0 Å². The molecule has 0 unspecified atom stereocenters. The largest absolute Gasteiger partial charge is 0.288 e. The molecule has 98 valence electrons. The van der Waals surface area contributed by atoms with Gasteiger partial charge in [0.25, 0.3) is 0 Å². The zero-order valence-electron chi connectivity index (χ0n) is 10.2. The first-order valence-electron chi connectivity index (χ1n) is 5.78. The molecule has 2 rings (SSSR count). The minimum absolute atomic E-state index is 0. The third-order valence-electron chi connectivity index (χ3n) is 2.53. The van der Waals surface area contributed by atoms with Crippen LogP contribution < -0.4 is 10.6 Å². The third kappa shape index (κ3) is 4.85. The summed E-state index contributed by atoms with van der Waals surface area (Å²) < 4.78 is 0. The van der Waals surface area contributed by atoms with Crippen LogP contribution in [0.15, 0.2) is 60.7 Å².